The molecule has 0 saturated heterocycles. The number of alkyl halides is 4. The molecule has 0 spiro atoms. The molecular formula is C10H12Cl4. The van der Waals surface area contributed by atoms with Gasteiger partial charge in [0, 0.05) is 23.6 Å². The van der Waals surface area contributed by atoms with E-state index in [9.17, 15) is 0 Å². The normalized spacial score (nSPS) is 30.3. The molecule has 14 heavy (non-hydrogen) atoms. The van der Waals surface area contributed by atoms with E-state index in [1.165, 1.54) is 0 Å². The smallest absolute Gasteiger partial charge is 0.0568 e. The van der Waals surface area contributed by atoms with Crippen LogP contribution in [0.5, 0.6) is 0 Å². The van der Waals surface area contributed by atoms with E-state index >= 15 is 0 Å². The molecule has 4 heteroatoms. The Morgan fingerprint density at radius 1 is 0.786 bits per heavy atom. The second kappa shape index (κ2) is 6.27. The second-order valence-electron chi connectivity index (χ2n) is 3.27. The summed E-state index contributed by atoms with van der Waals surface area (Å²) in [6.07, 6.45) is 8.19. The fraction of sp³-hybridized carbons (Fsp3) is 0.600. The topological polar surface area (TPSA) is 0 Å². The van der Waals surface area contributed by atoms with Gasteiger partial charge < -0.3 is 0 Å². The van der Waals surface area contributed by atoms with Crippen LogP contribution in [0.4, 0.5) is 0 Å². The summed E-state index contributed by atoms with van der Waals surface area (Å²) in [5, 5.41) is -0.0928. The molecule has 0 aromatic carbocycles. The zero-order valence-corrected chi connectivity index (χ0v) is 10.6. The quantitative estimate of drug-likeness (QED) is 0.536. The van der Waals surface area contributed by atoms with Crippen LogP contribution in [-0.4, -0.2) is 22.5 Å². The lowest BCUT2D eigenvalue weighted by Gasteiger charge is -2.21. The van der Waals surface area contributed by atoms with E-state index in [2.05, 4.69) is 0 Å². The van der Waals surface area contributed by atoms with Crippen molar-refractivity contribution < 1.29 is 0 Å². The molecule has 0 bridgehead atoms. The zero-order valence-electron chi connectivity index (χ0n) is 7.54. The Hall–Kier alpha value is 0.640. The third-order valence-electron chi connectivity index (χ3n) is 2.24. The van der Waals surface area contributed by atoms with Gasteiger partial charge in [0.1, 0.15) is 0 Å². The highest BCUT2D eigenvalue weighted by Crippen LogP contribution is 2.25. The minimum Gasteiger partial charge on any atom is -0.125 e. The van der Waals surface area contributed by atoms with Crippen LogP contribution in [0.15, 0.2) is 24.3 Å². The minimum absolute atomic E-state index is 0.0464. The van der Waals surface area contributed by atoms with Gasteiger partial charge in [-0.1, -0.05) is 24.3 Å². The Balaban J connectivity index is 2.52. The molecule has 0 amide bonds. The minimum atomic E-state index is -0.0464. The van der Waals surface area contributed by atoms with Gasteiger partial charge in [0.25, 0.3) is 0 Å². The molecule has 2 atom stereocenters. The van der Waals surface area contributed by atoms with Crippen LogP contribution in [0.25, 0.3) is 0 Å². The molecule has 0 nitrogen and oxygen atoms in total. The molecule has 0 N–H and O–H groups in total. The lowest BCUT2D eigenvalue weighted by molar-refractivity contribution is 0.707. The molecule has 0 heterocycles. The summed E-state index contributed by atoms with van der Waals surface area (Å²) in [5.41, 5.74) is 0. The van der Waals surface area contributed by atoms with Crippen molar-refractivity contribution >= 4 is 46.4 Å². The van der Waals surface area contributed by atoms with Gasteiger partial charge in [-0.2, -0.15) is 0 Å². The first kappa shape index (κ1) is 12.7. The molecule has 0 radical (unpaired) electrons. The molecule has 80 valence electrons. The van der Waals surface area contributed by atoms with Gasteiger partial charge >= 0.3 is 0 Å². The first-order valence-corrected chi connectivity index (χ1v) is 6.40. The highest BCUT2D eigenvalue weighted by molar-refractivity contribution is 6.29. The fourth-order valence-corrected chi connectivity index (χ4v) is 2.08. The lowest BCUT2D eigenvalue weighted by Crippen LogP contribution is -2.19. The van der Waals surface area contributed by atoms with E-state index in [4.69, 9.17) is 46.4 Å². The molecule has 0 aromatic heterocycles. The summed E-state index contributed by atoms with van der Waals surface area (Å²) in [7, 11) is 0. The van der Waals surface area contributed by atoms with Crippen LogP contribution >= 0.6 is 46.4 Å². The van der Waals surface area contributed by atoms with Crippen LogP contribution in [0, 0.1) is 11.8 Å². The average molecular weight is 274 g/mol. The Morgan fingerprint density at radius 3 is 1.29 bits per heavy atom. The average Bonchev–Trinajstić information content (AvgIpc) is 2.27. The summed E-state index contributed by atoms with van der Waals surface area (Å²) in [4.78, 5) is 0. The number of rotatable bonds is 4. The maximum Gasteiger partial charge on any atom is 0.0568 e. The van der Waals surface area contributed by atoms with E-state index < -0.39 is 0 Å². The first-order chi connectivity index (χ1) is 6.69. The van der Waals surface area contributed by atoms with Crippen molar-refractivity contribution in [2.45, 2.75) is 10.8 Å². The maximum absolute atomic E-state index is 6.01. The predicted octanol–water partition coefficient (Wildman–Crippen LogP) is 4.04. The van der Waals surface area contributed by atoms with Crippen LogP contribution in [-0.2, 0) is 0 Å². The van der Waals surface area contributed by atoms with E-state index in [1.54, 1.807) is 0 Å². The molecule has 0 aliphatic heterocycles. The Labute approximate surface area is 105 Å². The highest BCUT2D eigenvalue weighted by atomic mass is 35.5. The predicted molar refractivity (Wildman–Crippen MR) is 66.0 cm³/mol. The molecule has 1 rings (SSSR count). The van der Waals surface area contributed by atoms with Gasteiger partial charge in [0.15, 0.2) is 0 Å². The third-order valence-corrected chi connectivity index (χ3v) is 4.11. The summed E-state index contributed by atoms with van der Waals surface area (Å²) in [6, 6.07) is 0. The SMILES string of the molecule is ClCC(Cl)C1C=CC(C(Cl)CCl)C=C1. The largest absolute Gasteiger partial charge is 0.125 e. The summed E-state index contributed by atoms with van der Waals surface area (Å²) < 4.78 is 0. The van der Waals surface area contributed by atoms with Gasteiger partial charge in [-0.15, -0.1) is 46.4 Å². The monoisotopic (exact) mass is 272 g/mol. The molecule has 2 unspecified atom stereocenters. The van der Waals surface area contributed by atoms with E-state index in [0.717, 1.165) is 0 Å². The zero-order chi connectivity index (χ0) is 10.6. The van der Waals surface area contributed by atoms with Gasteiger partial charge in [-0.25, -0.2) is 0 Å². The number of halogens is 4. The van der Waals surface area contributed by atoms with Gasteiger partial charge in [-0.05, 0) is 0 Å². The van der Waals surface area contributed by atoms with E-state index in [0.29, 0.717) is 11.8 Å². The second-order valence-corrected chi connectivity index (χ2v) is 5.00. The fourth-order valence-electron chi connectivity index (χ4n) is 1.33. The summed E-state index contributed by atoms with van der Waals surface area (Å²) >= 11 is 23.4. The van der Waals surface area contributed by atoms with Crippen molar-refractivity contribution in [1.29, 1.82) is 0 Å². The van der Waals surface area contributed by atoms with Crippen molar-refractivity contribution in [1.82, 2.24) is 0 Å². The van der Waals surface area contributed by atoms with Crippen LogP contribution < -0.4 is 0 Å². The van der Waals surface area contributed by atoms with Crippen molar-refractivity contribution in [2.24, 2.45) is 11.8 Å². The Morgan fingerprint density at radius 2 is 1.07 bits per heavy atom. The van der Waals surface area contributed by atoms with Crippen molar-refractivity contribution in [2.75, 3.05) is 11.8 Å². The standard InChI is InChI=1S/C10H12Cl4/c11-5-9(13)7-1-2-8(4-3-7)10(14)6-12/h1-4,7-10H,5-6H2. The van der Waals surface area contributed by atoms with E-state index in [1.807, 2.05) is 24.3 Å². The highest BCUT2D eigenvalue weighted by Gasteiger charge is 2.20. The molecule has 0 aromatic rings. The number of hydrogen-bond donors (Lipinski definition) is 0. The molecular weight excluding hydrogens is 262 g/mol. The summed E-state index contributed by atoms with van der Waals surface area (Å²) in [5.74, 6) is 1.32. The van der Waals surface area contributed by atoms with Gasteiger partial charge in [0.2, 0.25) is 0 Å². The Kier molecular flexibility index (Phi) is 5.69. The molecule has 0 fully saturated rings. The molecule has 1 aliphatic carbocycles. The number of allylic oxidation sites excluding steroid dienone is 4. The van der Waals surface area contributed by atoms with Gasteiger partial charge in [-0.3, -0.25) is 0 Å². The van der Waals surface area contributed by atoms with Crippen LogP contribution in [0.1, 0.15) is 0 Å². The Bertz CT molecular complexity index is 188. The summed E-state index contributed by atoms with van der Waals surface area (Å²) in [6.45, 7) is 0. The van der Waals surface area contributed by atoms with Crippen LogP contribution in [0.3, 0.4) is 0 Å². The molecule has 1 aliphatic rings. The maximum atomic E-state index is 6.01. The van der Waals surface area contributed by atoms with Crippen LogP contribution in [0.2, 0.25) is 0 Å². The first-order valence-electron chi connectivity index (χ1n) is 4.45. The van der Waals surface area contributed by atoms with Gasteiger partial charge in [0.05, 0.1) is 10.8 Å². The van der Waals surface area contributed by atoms with E-state index in [-0.39, 0.29) is 22.6 Å². The van der Waals surface area contributed by atoms with Crippen molar-refractivity contribution in [3.63, 3.8) is 0 Å². The third kappa shape index (κ3) is 3.34. The lowest BCUT2D eigenvalue weighted by atomic mass is 9.92. The molecule has 0 saturated carbocycles. The van der Waals surface area contributed by atoms with Crippen molar-refractivity contribution in [3.8, 4) is 0 Å². The van der Waals surface area contributed by atoms with Crippen molar-refractivity contribution in [3.05, 3.63) is 24.3 Å². The number of hydrogen-bond acceptors (Lipinski definition) is 0.